The van der Waals surface area contributed by atoms with E-state index in [1.807, 2.05) is 0 Å². The predicted molar refractivity (Wildman–Crippen MR) is 62.7 cm³/mol. The molecule has 0 saturated heterocycles. The first kappa shape index (κ1) is 11.4. The van der Waals surface area contributed by atoms with Crippen molar-refractivity contribution in [2.24, 2.45) is 17.8 Å². The summed E-state index contributed by atoms with van der Waals surface area (Å²) in [5.74, 6) is 2.49. The molecule has 2 heteroatoms. The summed E-state index contributed by atoms with van der Waals surface area (Å²) in [7, 11) is 0. The van der Waals surface area contributed by atoms with Gasteiger partial charge in [0.15, 0.2) is 0 Å². The number of aliphatic hydroxyl groups excluding tert-OH is 1. The SMILES string of the molecule is CC1CCC(NCC2CC(O)C2)C(C)C1. The number of hydrogen-bond donors (Lipinski definition) is 2. The predicted octanol–water partition coefficient (Wildman–Crippen LogP) is 2.17. The highest BCUT2D eigenvalue weighted by Crippen LogP contribution is 2.30. The standard InChI is InChI=1S/C13H25NO/c1-9-3-4-13(10(2)5-9)14-8-11-6-12(15)7-11/h9-15H,3-8H2,1-2H3. The molecule has 2 aliphatic carbocycles. The summed E-state index contributed by atoms with van der Waals surface area (Å²) in [5.41, 5.74) is 0. The average molecular weight is 211 g/mol. The van der Waals surface area contributed by atoms with Crippen LogP contribution in [0.3, 0.4) is 0 Å². The van der Waals surface area contributed by atoms with E-state index in [2.05, 4.69) is 19.2 Å². The third kappa shape index (κ3) is 2.94. The molecule has 0 amide bonds. The maximum Gasteiger partial charge on any atom is 0.0546 e. The molecule has 15 heavy (non-hydrogen) atoms. The Balaban J connectivity index is 1.66. The van der Waals surface area contributed by atoms with Crippen LogP contribution in [0.25, 0.3) is 0 Å². The largest absolute Gasteiger partial charge is 0.393 e. The summed E-state index contributed by atoms with van der Waals surface area (Å²) >= 11 is 0. The van der Waals surface area contributed by atoms with Crippen molar-refractivity contribution in [3.8, 4) is 0 Å². The molecule has 2 rings (SSSR count). The third-order valence-corrected chi connectivity index (χ3v) is 4.31. The monoisotopic (exact) mass is 211 g/mol. The summed E-state index contributed by atoms with van der Waals surface area (Å²) in [6.07, 6.45) is 6.15. The minimum Gasteiger partial charge on any atom is -0.393 e. The number of aliphatic hydroxyl groups is 1. The Morgan fingerprint density at radius 1 is 1.13 bits per heavy atom. The van der Waals surface area contributed by atoms with Gasteiger partial charge in [-0.2, -0.15) is 0 Å². The molecule has 3 atom stereocenters. The lowest BCUT2D eigenvalue weighted by atomic mass is 9.78. The van der Waals surface area contributed by atoms with Gasteiger partial charge in [-0.1, -0.05) is 13.8 Å². The molecule has 88 valence electrons. The van der Waals surface area contributed by atoms with Crippen molar-refractivity contribution in [2.45, 2.75) is 58.1 Å². The number of nitrogens with one attached hydrogen (secondary N) is 1. The van der Waals surface area contributed by atoms with Gasteiger partial charge in [-0.25, -0.2) is 0 Å². The molecule has 3 unspecified atom stereocenters. The zero-order valence-corrected chi connectivity index (χ0v) is 10.1. The zero-order chi connectivity index (χ0) is 10.8. The van der Waals surface area contributed by atoms with Crippen molar-refractivity contribution in [3.05, 3.63) is 0 Å². The zero-order valence-electron chi connectivity index (χ0n) is 10.1. The Morgan fingerprint density at radius 2 is 1.87 bits per heavy atom. The van der Waals surface area contributed by atoms with Crippen LogP contribution in [-0.2, 0) is 0 Å². The highest BCUT2D eigenvalue weighted by Gasteiger charge is 2.29. The van der Waals surface area contributed by atoms with Crippen molar-refractivity contribution < 1.29 is 5.11 Å². The van der Waals surface area contributed by atoms with Gasteiger partial charge in [0.05, 0.1) is 6.10 Å². The van der Waals surface area contributed by atoms with Crippen LogP contribution in [0.15, 0.2) is 0 Å². The second-order valence-electron chi connectivity index (χ2n) is 5.90. The fourth-order valence-corrected chi connectivity index (χ4v) is 3.15. The van der Waals surface area contributed by atoms with Gasteiger partial charge in [0.25, 0.3) is 0 Å². The highest BCUT2D eigenvalue weighted by atomic mass is 16.3. The Labute approximate surface area is 93.5 Å². The van der Waals surface area contributed by atoms with E-state index in [9.17, 15) is 5.11 Å². The van der Waals surface area contributed by atoms with Crippen molar-refractivity contribution in [1.82, 2.24) is 5.32 Å². The summed E-state index contributed by atoms with van der Waals surface area (Å²) in [4.78, 5) is 0. The van der Waals surface area contributed by atoms with Crippen LogP contribution < -0.4 is 5.32 Å². The second-order valence-corrected chi connectivity index (χ2v) is 5.90. The van der Waals surface area contributed by atoms with Crippen LogP contribution in [0.1, 0.15) is 46.0 Å². The average Bonchev–Trinajstić information content (AvgIpc) is 2.13. The normalized spacial score (nSPS) is 46.2. The van der Waals surface area contributed by atoms with E-state index in [1.54, 1.807) is 0 Å². The maximum atomic E-state index is 9.21. The molecule has 0 aromatic carbocycles. The second kappa shape index (κ2) is 4.84. The van der Waals surface area contributed by atoms with Gasteiger partial charge in [0.2, 0.25) is 0 Å². The Bertz CT molecular complexity index is 201. The van der Waals surface area contributed by atoms with Gasteiger partial charge in [-0.15, -0.1) is 0 Å². The topological polar surface area (TPSA) is 32.3 Å². The lowest BCUT2D eigenvalue weighted by molar-refractivity contribution is 0.0397. The van der Waals surface area contributed by atoms with Crippen LogP contribution in [-0.4, -0.2) is 23.8 Å². The summed E-state index contributed by atoms with van der Waals surface area (Å²) < 4.78 is 0. The van der Waals surface area contributed by atoms with Crippen molar-refractivity contribution in [3.63, 3.8) is 0 Å². The fourth-order valence-electron chi connectivity index (χ4n) is 3.15. The van der Waals surface area contributed by atoms with Gasteiger partial charge < -0.3 is 10.4 Å². The molecular formula is C13H25NO. The van der Waals surface area contributed by atoms with E-state index < -0.39 is 0 Å². The molecule has 0 aromatic heterocycles. The van der Waals surface area contributed by atoms with E-state index in [-0.39, 0.29) is 6.10 Å². The molecule has 0 heterocycles. The molecule has 0 aliphatic heterocycles. The van der Waals surface area contributed by atoms with Crippen molar-refractivity contribution >= 4 is 0 Å². The van der Waals surface area contributed by atoms with Gasteiger partial charge >= 0.3 is 0 Å². The first-order valence-electron chi connectivity index (χ1n) is 6.56. The molecule has 0 bridgehead atoms. The van der Waals surface area contributed by atoms with Crippen LogP contribution >= 0.6 is 0 Å². The highest BCUT2D eigenvalue weighted by molar-refractivity contribution is 4.85. The van der Waals surface area contributed by atoms with E-state index in [0.717, 1.165) is 43.2 Å². The van der Waals surface area contributed by atoms with Gasteiger partial charge in [-0.05, 0) is 56.4 Å². The first-order chi connectivity index (χ1) is 7.15. The summed E-state index contributed by atoms with van der Waals surface area (Å²) in [5, 5.41) is 12.9. The van der Waals surface area contributed by atoms with Crippen molar-refractivity contribution in [1.29, 1.82) is 0 Å². The fraction of sp³-hybridized carbons (Fsp3) is 1.00. The number of hydrogen-bond acceptors (Lipinski definition) is 2. The Hall–Kier alpha value is -0.0800. The van der Waals surface area contributed by atoms with E-state index in [0.29, 0.717) is 0 Å². The summed E-state index contributed by atoms with van der Waals surface area (Å²) in [6.45, 7) is 5.87. The quantitative estimate of drug-likeness (QED) is 0.750. The van der Waals surface area contributed by atoms with Gasteiger partial charge in [0, 0.05) is 6.04 Å². The van der Waals surface area contributed by atoms with Gasteiger partial charge in [-0.3, -0.25) is 0 Å². The van der Waals surface area contributed by atoms with E-state index >= 15 is 0 Å². The Morgan fingerprint density at radius 3 is 2.47 bits per heavy atom. The summed E-state index contributed by atoms with van der Waals surface area (Å²) in [6, 6.07) is 0.735. The van der Waals surface area contributed by atoms with Crippen LogP contribution in [0.5, 0.6) is 0 Å². The molecule has 0 radical (unpaired) electrons. The van der Waals surface area contributed by atoms with Crippen LogP contribution in [0.4, 0.5) is 0 Å². The lowest BCUT2D eigenvalue weighted by Crippen LogP contribution is -2.44. The third-order valence-electron chi connectivity index (χ3n) is 4.31. The Kier molecular flexibility index (Phi) is 3.68. The first-order valence-corrected chi connectivity index (χ1v) is 6.56. The molecule has 2 nitrogen and oxygen atoms in total. The smallest absolute Gasteiger partial charge is 0.0546 e. The minimum atomic E-state index is 0.000557. The minimum absolute atomic E-state index is 0.000557. The molecular weight excluding hydrogens is 186 g/mol. The van der Waals surface area contributed by atoms with Crippen molar-refractivity contribution in [2.75, 3.05) is 6.54 Å². The molecule has 2 fully saturated rings. The molecule has 2 N–H and O–H groups in total. The maximum absolute atomic E-state index is 9.21. The molecule has 0 aromatic rings. The van der Waals surface area contributed by atoms with E-state index in [1.165, 1.54) is 19.3 Å². The van der Waals surface area contributed by atoms with Gasteiger partial charge in [0.1, 0.15) is 0 Å². The molecule has 2 saturated carbocycles. The molecule has 0 spiro atoms. The van der Waals surface area contributed by atoms with Crippen LogP contribution in [0, 0.1) is 17.8 Å². The lowest BCUT2D eigenvalue weighted by Gasteiger charge is -2.37. The van der Waals surface area contributed by atoms with E-state index in [4.69, 9.17) is 0 Å². The van der Waals surface area contributed by atoms with Crippen LogP contribution in [0.2, 0.25) is 0 Å². The number of rotatable bonds is 3. The molecule has 2 aliphatic rings.